The minimum Gasteiger partial charge on any atom is -0.378 e. The summed E-state index contributed by atoms with van der Waals surface area (Å²) in [5.74, 6) is 0. The fraction of sp³-hybridized carbons (Fsp3) is 0.111. The van der Waals surface area contributed by atoms with E-state index in [0.717, 1.165) is 55.9 Å². The first-order valence-electron chi connectivity index (χ1n) is 11.0. The molecule has 7 nitrogen and oxygen atoms in total. The highest BCUT2D eigenvalue weighted by Crippen LogP contribution is 2.33. The van der Waals surface area contributed by atoms with E-state index in [9.17, 15) is 0 Å². The lowest BCUT2D eigenvalue weighted by atomic mass is 10.0. The number of pyridine rings is 3. The van der Waals surface area contributed by atoms with Crippen LogP contribution in [0.4, 0.5) is 0 Å². The molecule has 0 fully saturated rings. The molecule has 0 spiro atoms. The van der Waals surface area contributed by atoms with Crippen LogP contribution in [0.25, 0.3) is 50.3 Å². The van der Waals surface area contributed by atoms with Gasteiger partial charge in [0.2, 0.25) is 0 Å². The summed E-state index contributed by atoms with van der Waals surface area (Å²) in [6, 6.07) is 12.1. The quantitative estimate of drug-likeness (QED) is 0.331. The van der Waals surface area contributed by atoms with Gasteiger partial charge < -0.3 is 9.88 Å². The van der Waals surface area contributed by atoms with Crippen LogP contribution in [0.5, 0.6) is 0 Å². The first kappa shape index (κ1) is 21.3. The number of nitrogens with one attached hydrogen (secondary N) is 2. The summed E-state index contributed by atoms with van der Waals surface area (Å²) in [6.07, 6.45) is 11.5. The standard InChI is InChI=1S/C27H25N7/c1-5-17(13-19(6-2)34(3)4)18-14-22-25(32-33-27(22)30-16-18)24-15-21-20(10-12-29-26(21)31-24)23-9-7-8-11-28-23/h5-16H,2H2,1,3-4H3,(H,29,31)(H,30,32,33)/b17-5+,19-13+. The maximum absolute atomic E-state index is 4.60. The largest absolute Gasteiger partial charge is 0.378 e. The smallest absolute Gasteiger partial charge is 0.181 e. The normalized spacial score (nSPS) is 12.4. The van der Waals surface area contributed by atoms with E-state index in [1.807, 2.05) is 62.5 Å². The van der Waals surface area contributed by atoms with E-state index in [4.69, 9.17) is 0 Å². The molecule has 0 bridgehead atoms. The lowest BCUT2D eigenvalue weighted by molar-refractivity contribution is 0.530. The van der Waals surface area contributed by atoms with Crippen LogP contribution in [0.15, 0.2) is 85.5 Å². The summed E-state index contributed by atoms with van der Waals surface area (Å²) >= 11 is 0. The molecular formula is C27H25N7. The van der Waals surface area contributed by atoms with E-state index in [1.165, 1.54) is 0 Å². The Kier molecular flexibility index (Phi) is 5.51. The van der Waals surface area contributed by atoms with Crippen molar-refractivity contribution in [3.63, 3.8) is 0 Å². The molecule has 0 saturated heterocycles. The lowest BCUT2D eigenvalue weighted by Gasteiger charge is -2.14. The first-order valence-corrected chi connectivity index (χ1v) is 11.0. The molecular weight excluding hydrogens is 422 g/mol. The van der Waals surface area contributed by atoms with Gasteiger partial charge in [0.15, 0.2) is 5.65 Å². The number of allylic oxidation sites excluding steroid dienone is 4. The average molecular weight is 448 g/mol. The summed E-state index contributed by atoms with van der Waals surface area (Å²) in [4.78, 5) is 19.1. The maximum Gasteiger partial charge on any atom is 0.181 e. The summed E-state index contributed by atoms with van der Waals surface area (Å²) in [5.41, 5.74) is 8.22. The zero-order valence-corrected chi connectivity index (χ0v) is 19.4. The Hall–Kier alpha value is -4.52. The zero-order chi connectivity index (χ0) is 23.7. The van der Waals surface area contributed by atoms with Crippen molar-refractivity contribution in [3.8, 4) is 22.6 Å². The third-order valence-electron chi connectivity index (χ3n) is 5.82. The minimum absolute atomic E-state index is 0.659. The van der Waals surface area contributed by atoms with E-state index >= 15 is 0 Å². The summed E-state index contributed by atoms with van der Waals surface area (Å²) in [6.45, 7) is 5.95. The molecule has 2 N–H and O–H groups in total. The Labute approximate surface area is 197 Å². The molecule has 0 saturated carbocycles. The summed E-state index contributed by atoms with van der Waals surface area (Å²) in [5, 5.41) is 9.52. The number of rotatable bonds is 6. The molecule has 168 valence electrons. The lowest BCUT2D eigenvalue weighted by Crippen LogP contribution is -2.09. The van der Waals surface area contributed by atoms with Crippen molar-refractivity contribution < 1.29 is 0 Å². The Balaban J connectivity index is 1.62. The van der Waals surface area contributed by atoms with Gasteiger partial charge in [0.25, 0.3) is 0 Å². The van der Waals surface area contributed by atoms with Gasteiger partial charge in [-0.2, -0.15) is 5.10 Å². The maximum atomic E-state index is 4.60. The highest BCUT2D eigenvalue weighted by Gasteiger charge is 2.15. The van der Waals surface area contributed by atoms with Crippen LogP contribution in [0.2, 0.25) is 0 Å². The van der Waals surface area contributed by atoms with Crippen molar-refractivity contribution in [2.24, 2.45) is 0 Å². The predicted molar refractivity (Wildman–Crippen MR) is 138 cm³/mol. The van der Waals surface area contributed by atoms with Crippen molar-refractivity contribution >= 4 is 27.6 Å². The first-order chi connectivity index (χ1) is 16.6. The molecule has 7 heteroatoms. The van der Waals surface area contributed by atoms with Crippen LogP contribution in [0, 0.1) is 0 Å². The van der Waals surface area contributed by atoms with Crippen molar-refractivity contribution in [1.29, 1.82) is 0 Å². The molecule has 0 aliphatic rings. The van der Waals surface area contributed by atoms with Crippen LogP contribution in [0.3, 0.4) is 0 Å². The van der Waals surface area contributed by atoms with Crippen LogP contribution >= 0.6 is 0 Å². The molecule has 5 heterocycles. The van der Waals surface area contributed by atoms with Crippen molar-refractivity contribution in [3.05, 3.63) is 91.1 Å². The number of likely N-dealkylation sites (N-methyl/N-ethyl adjacent to an activating group) is 1. The van der Waals surface area contributed by atoms with Crippen LogP contribution in [-0.2, 0) is 0 Å². The van der Waals surface area contributed by atoms with E-state index in [0.29, 0.717) is 5.65 Å². The molecule has 0 atom stereocenters. The van der Waals surface area contributed by atoms with Gasteiger partial charge in [-0.25, -0.2) is 9.97 Å². The van der Waals surface area contributed by atoms with Gasteiger partial charge >= 0.3 is 0 Å². The van der Waals surface area contributed by atoms with Crippen molar-refractivity contribution in [1.82, 2.24) is 35.0 Å². The zero-order valence-electron chi connectivity index (χ0n) is 19.4. The third kappa shape index (κ3) is 3.77. The Bertz CT molecular complexity index is 1550. The second kappa shape index (κ2) is 8.78. The minimum atomic E-state index is 0.659. The van der Waals surface area contributed by atoms with Crippen LogP contribution in [-0.4, -0.2) is 49.1 Å². The average Bonchev–Trinajstić information content (AvgIpc) is 3.48. The highest BCUT2D eigenvalue weighted by molar-refractivity contribution is 5.99. The molecule has 0 radical (unpaired) electrons. The number of hydrogen-bond donors (Lipinski definition) is 2. The van der Waals surface area contributed by atoms with Crippen LogP contribution < -0.4 is 0 Å². The third-order valence-corrected chi connectivity index (χ3v) is 5.82. The molecule has 0 aromatic carbocycles. The molecule has 34 heavy (non-hydrogen) atoms. The summed E-state index contributed by atoms with van der Waals surface area (Å²) < 4.78 is 0. The second-order valence-corrected chi connectivity index (χ2v) is 8.12. The molecule has 5 aromatic rings. The number of aromatic amines is 2. The SMILES string of the molecule is C=C/C(=C\C(=C/C)c1cnc2n[nH]c(-c3cc4c(-c5ccccn5)ccnc4[nH]3)c2c1)N(C)C. The number of nitrogens with zero attached hydrogens (tertiary/aromatic N) is 5. The number of H-pyrrole nitrogens is 2. The Morgan fingerprint density at radius 1 is 1.03 bits per heavy atom. The molecule has 0 amide bonds. The van der Waals surface area contributed by atoms with Gasteiger partial charge in [-0.15, -0.1) is 0 Å². The topological polar surface area (TPSA) is 86.4 Å². The molecule has 0 unspecified atom stereocenters. The number of aromatic nitrogens is 6. The van der Waals surface area contributed by atoms with Crippen LogP contribution in [0.1, 0.15) is 12.5 Å². The van der Waals surface area contributed by atoms with E-state index in [1.54, 1.807) is 12.4 Å². The van der Waals surface area contributed by atoms with Crippen molar-refractivity contribution in [2.75, 3.05) is 14.1 Å². The number of hydrogen-bond acceptors (Lipinski definition) is 5. The predicted octanol–water partition coefficient (Wildman–Crippen LogP) is 5.60. The fourth-order valence-corrected chi connectivity index (χ4v) is 4.03. The van der Waals surface area contributed by atoms with E-state index in [-0.39, 0.29) is 0 Å². The van der Waals surface area contributed by atoms with Gasteiger partial charge in [-0.05, 0) is 55.0 Å². The summed E-state index contributed by atoms with van der Waals surface area (Å²) in [7, 11) is 4.00. The van der Waals surface area contributed by atoms with Gasteiger partial charge in [-0.3, -0.25) is 10.1 Å². The van der Waals surface area contributed by atoms with Gasteiger partial charge in [0, 0.05) is 60.3 Å². The van der Waals surface area contributed by atoms with Gasteiger partial charge in [-0.1, -0.05) is 18.7 Å². The Morgan fingerprint density at radius 3 is 2.65 bits per heavy atom. The van der Waals surface area contributed by atoms with E-state index in [2.05, 4.69) is 61.0 Å². The molecule has 0 aliphatic heterocycles. The molecule has 5 rings (SSSR count). The number of fused-ring (bicyclic) bond motifs is 2. The van der Waals surface area contributed by atoms with Gasteiger partial charge in [0.1, 0.15) is 5.65 Å². The fourth-order valence-electron chi connectivity index (χ4n) is 4.03. The van der Waals surface area contributed by atoms with Gasteiger partial charge in [0.05, 0.1) is 17.1 Å². The molecule has 5 aromatic heterocycles. The van der Waals surface area contributed by atoms with E-state index < -0.39 is 0 Å². The van der Waals surface area contributed by atoms with Crippen molar-refractivity contribution in [2.45, 2.75) is 6.92 Å². The highest BCUT2D eigenvalue weighted by atomic mass is 15.2. The monoisotopic (exact) mass is 447 g/mol. The second-order valence-electron chi connectivity index (χ2n) is 8.12. The molecule has 0 aliphatic carbocycles. The Morgan fingerprint density at radius 2 is 1.91 bits per heavy atom.